The Morgan fingerprint density at radius 1 is 0.886 bits per heavy atom. The summed E-state index contributed by atoms with van der Waals surface area (Å²) in [5, 5.41) is 6.18. The van der Waals surface area contributed by atoms with E-state index >= 15 is 0 Å². The lowest BCUT2D eigenvalue weighted by molar-refractivity contribution is -0.137. The second kappa shape index (κ2) is 6.89. The molecule has 0 aromatic heterocycles. The largest absolute Gasteiger partial charge is 0.325 e. The Bertz CT molecular complexity index is 1430. The van der Waals surface area contributed by atoms with Crippen molar-refractivity contribution in [3.63, 3.8) is 0 Å². The van der Waals surface area contributed by atoms with Gasteiger partial charge in [-0.3, -0.25) is 19.3 Å². The number of nitrogens with zero attached hydrogens (tertiary/aromatic N) is 1. The molecular formula is C29H25N3O3. The van der Waals surface area contributed by atoms with E-state index in [-0.39, 0.29) is 23.6 Å². The molecule has 2 fully saturated rings. The van der Waals surface area contributed by atoms with Gasteiger partial charge in [-0.05, 0) is 44.0 Å². The molecule has 4 aliphatic rings. The van der Waals surface area contributed by atoms with Crippen molar-refractivity contribution in [2.24, 2.45) is 5.92 Å². The third-order valence-corrected chi connectivity index (χ3v) is 8.59. The minimum absolute atomic E-state index is 0.0832. The van der Waals surface area contributed by atoms with Crippen LogP contribution in [0.2, 0.25) is 0 Å². The molecule has 174 valence electrons. The van der Waals surface area contributed by atoms with Crippen molar-refractivity contribution in [3.05, 3.63) is 95.1 Å². The number of para-hydroxylation sites is 1. The quantitative estimate of drug-likeness (QED) is 0.563. The fraction of sp³-hybridized carbons (Fsp3) is 0.276. The molecule has 2 amide bonds. The van der Waals surface area contributed by atoms with Crippen molar-refractivity contribution in [2.45, 2.75) is 36.8 Å². The van der Waals surface area contributed by atoms with Crippen molar-refractivity contribution >= 4 is 29.0 Å². The minimum atomic E-state index is -1.38. The lowest BCUT2D eigenvalue weighted by Gasteiger charge is -2.43. The summed E-state index contributed by atoms with van der Waals surface area (Å²) in [7, 11) is 0. The van der Waals surface area contributed by atoms with E-state index in [9.17, 15) is 14.4 Å². The van der Waals surface area contributed by atoms with Crippen LogP contribution >= 0.6 is 0 Å². The van der Waals surface area contributed by atoms with Crippen LogP contribution in [-0.4, -0.2) is 35.1 Å². The number of ketones is 1. The predicted molar refractivity (Wildman–Crippen MR) is 132 cm³/mol. The molecule has 6 heteroatoms. The Hall–Kier alpha value is -3.77. The third-order valence-electron chi connectivity index (χ3n) is 8.59. The smallest absolute Gasteiger partial charge is 0.251 e. The number of carbonyl (C=O) groups excluding carboxylic acids is 3. The number of carbonyl (C=O) groups is 3. The number of rotatable bonds is 2. The molecule has 4 unspecified atom stereocenters. The highest BCUT2D eigenvalue weighted by Crippen LogP contribution is 2.67. The van der Waals surface area contributed by atoms with Crippen LogP contribution in [0, 0.1) is 12.8 Å². The zero-order valence-corrected chi connectivity index (χ0v) is 19.4. The van der Waals surface area contributed by atoms with Crippen LogP contribution in [0.1, 0.15) is 39.9 Å². The standard InChI is InChI=1S/C29H25N3O3/c1-17-13-14-22-20(16-17)29(27(35)31-22)28(19-10-5-6-11-21(19)30-26(28)34)24(23-12-7-15-32(23)29)25(33)18-8-3-2-4-9-18/h2-6,8-11,13-14,16,23-24H,7,12,15H2,1H3,(H,30,34)(H,31,35). The summed E-state index contributed by atoms with van der Waals surface area (Å²) >= 11 is 0. The summed E-state index contributed by atoms with van der Waals surface area (Å²) in [6, 6.07) is 22.4. The first-order chi connectivity index (χ1) is 17.0. The molecule has 0 bridgehead atoms. The fourth-order valence-electron chi connectivity index (χ4n) is 7.47. The van der Waals surface area contributed by atoms with E-state index in [2.05, 4.69) is 15.5 Å². The van der Waals surface area contributed by atoms with E-state index in [1.165, 1.54) is 0 Å². The maximum Gasteiger partial charge on any atom is 0.251 e. The van der Waals surface area contributed by atoms with Gasteiger partial charge in [-0.25, -0.2) is 0 Å². The molecule has 4 heterocycles. The van der Waals surface area contributed by atoms with Gasteiger partial charge >= 0.3 is 0 Å². The van der Waals surface area contributed by atoms with Gasteiger partial charge in [0.15, 0.2) is 5.78 Å². The maximum atomic E-state index is 14.4. The predicted octanol–water partition coefficient (Wildman–Crippen LogP) is 4.01. The summed E-state index contributed by atoms with van der Waals surface area (Å²) in [5.74, 6) is -1.28. The van der Waals surface area contributed by atoms with Crippen LogP contribution in [-0.2, 0) is 20.5 Å². The number of amides is 2. The number of fused-ring (bicyclic) bond motifs is 7. The van der Waals surface area contributed by atoms with Gasteiger partial charge in [0.25, 0.3) is 5.91 Å². The second-order valence-electron chi connectivity index (χ2n) is 10.1. The SMILES string of the molecule is Cc1ccc2c(c1)C1(C(=O)N2)N2CCCC2C(C(=O)c2ccccc2)C12C(=O)Nc1ccccc12. The number of anilines is 2. The van der Waals surface area contributed by atoms with Crippen LogP contribution < -0.4 is 10.6 Å². The highest BCUT2D eigenvalue weighted by atomic mass is 16.2. The van der Waals surface area contributed by atoms with Gasteiger partial charge in [-0.2, -0.15) is 0 Å². The Morgan fingerprint density at radius 2 is 1.60 bits per heavy atom. The van der Waals surface area contributed by atoms with E-state index in [1.807, 2.05) is 79.7 Å². The molecule has 0 aliphatic carbocycles. The van der Waals surface area contributed by atoms with Crippen LogP contribution in [0.25, 0.3) is 0 Å². The first-order valence-corrected chi connectivity index (χ1v) is 12.2. The number of aryl methyl sites for hydroxylation is 1. The van der Waals surface area contributed by atoms with Gasteiger partial charge in [0.1, 0.15) is 11.0 Å². The normalized spacial score (nSPS) is 30.3. The Morgan fingerprint density at radius 3 is 2.43 bits per heavy atom. The van der Waals surface area contributed by atoms with Crippen LogP contribution in [0.15, 0.2) is 72.8 Å². The van der Waals surface area contributed by atoms with Gasteiger partial charge < -0.3 is 10.6 Å². The van der Waals surface area contributed by atoms with Crippen molar-refractivity contribution in [2.75, 3.05) is 17.2 Å². The van der Waals surface area contributed by atoms with Gasteiger partial charge in [0.05, 0.1) is 5.92 Å². The first-order valence-electron chi connectivity index (χ1n) is 12.2. The molecule has 2 saturated heterocycles. The molecule has 0 saturated carbocycles. The second-order valence-corrected chi connectivity index (χ2v) is 10.1. The van der Waals surface area contributed by atoms with Gasteiger partial charge in [-0.1, -0.05) is 66.2 Å². The van der Waals surface area contributed by atoms with Gasteiger partial charge in [0, 0.05) is 28.5 Å². The van der Waals surface area contributed by atoms with E-state index in [1.54, 1.807) is 0 Å². The summed E-state index contributed by atoms with van der Waals surface area (Å²) in [6.45, 7) is 2.65. The molecular weight excluding hydrogens is 438 g/mol. The Labute approximate surface area is 203 Å². The zero-order chi connectivity index (χ0) is 23.9. The van der Waals surface area contributed by atoms with Crippen molar-refractivity contribution in [1.29, 1.82) is 0 Å². The molecule has 7 rings (SSSR count). The summed E-state index contributed by atoms with van der Waals surface area (Å²) in [4.78, 5) is 45.2. The number of nitrogens with one attached hydrogen (secondary N) is 2. The van der Waals surface area contributed by atoms with E-state index < -0.39 is 16.9 Å². The molecule has 3 aromatic rings. The highest BCUT2D eigenvalue weighted by Gasteiger charge is 2.81. The van der Waals surface area contributed by atoms with Crippen molar-refractivity contribution in [1.82, 2.24) is 4.90 Å². The monoisotopic (exact) mass is 463 g/mol. The topological polar surface area (TPSA) is 78.5 Å². The molecule has 6 nitrogen and oxygen atoms in total. The minimum Gasteiger partial charge on any atom is -0.325 e. The summed E-state index contributed by atoms with van der Waals surface area (Å²) < 4.78 is 0. The molecule has 35 heavy (non-hydrogen) atoms. The van der Waals surface area contributed by atoms with Crippen LogP contribution in [0.5, 0.6) is 0 Å². The number of Topliss-reactive ketones (excluding diaryl/α,β-unsaturated/α-hetero) is 1. The van der Waals surface area contributed by atoms with Crippen LogP contribution in [0.4, 0.5) is 11.4 Å². The average molecular weight is 464 g/mol. The van der Waals surface area contributed by atoms with E-state index in [0.717, 1.165) is 35.2 Å². The van der Waals surface area contributed by atoms with Crippen molar-refractivity contribution < 1.29 is 14.4 Å². The van der Waals surface area contributed by atoms with Gasteiger partial charge in [0.2, 0.25) is 5.91 Å². The van der Waals surface area contributed by atoms with Gasteiger partial charge in [-0.15, -0.1) is 0 Å². The maximum absolute atomic E-state index is 14.4. The van der Waals surface area contributed by atoms with Crippen molar-refractivity contribution in [3.8, 4) is 0 Å². The molecule has 3 aromatic carbocycles. The number of hydrogen-bond acceptors (Lipinski definition) is 4. The molecule has 4 aliphatic heterocycles. The zero-order valence-electron chi connectivity index (χ0n) is 19.4. The lowest BCUT2D eigenvalue weighted by Crippen LogP contribution is -2.62. The summed E-state index contributed by atoms with van der Waals surface area (Å²) in [6.07, 6.45) is 1.63. The van der Waals surface area contributed by atoms with E-state index in [4.69, 9.17) is 0 Å². The Kier molecular flexibility index (Phi) is 4.05. The molecule has 2 N–H and O–H groups in total. The average Bonchev–Trinajstić information content (AvgIpc) is 3.58. The first kappa shape index (κ1) is 20.6. The highest BCUT2D eigenvalue weighted by molar-refractivity contribution is 6.21. The molecule has 0 radical (unpaired) electrons. The van der Waals surface area contributed by atoms with Crippen LogP contribution in [0.3, 0.4) is 0 Å². The number of hydrogen-bond donors (Lipinski definition) is 2. The molecule has 2 spiro atoms. The Balaban J connectivity index is 1.61. The number of benzene rings is 3. The van der Waals surface area contributed by atoms with E-state index in [0.29, 0.717) is 17.8 Å². The molecule has 4 atom stereocenters. The summed E-state index contributed by atoms with van der Waals surface area (Å²) in [5.41, 5.74) is 1.82. The fourth-order valence-corrected chi connectivity index (χ4v) is 7.47. The lowest BCUT2D eigenvalue weighted by atomic mass is 9.57. The third kappa shape index (κ3) is 2.26.